The van der Waals surface area contributed by atoms with Gasteiger partial charge in [0.05, 0.1) is 46.3 Å². The van der Waals surface area contributed by atoms with Crippen molar-refractivity contribution in [2.45, 2.75) is 71.9 Å². The number of carbonyl (C=O) groups is 1. The fraction of sp³-hybridized carbons (Fsp3) is 0.762. The summed E-state index contributed by atoms with van der Waals surface area (Å²) in [5.41, 5.74) is 2.11. The van der Waals surface area contributed by atoms with Crippen LogP contribution < -0.4 is 0 Å². The minimum atomic E-state index is -0.952. The molecule has 24 unspecified atom stereocenters. The summed E-state index contributed by atoms with van der Waals surface area (Å²) >= 11 is 0. The highest BCUT2D eigenvalue weighted by molar-refractivity contribution is 9.19. The summed E-state index contributed by atoms with van der Waals surface area (Å²) in [4.78, 5) is 16.6. The van der Waals surface area contributed by atoms with Crippen molar-refractivity contribution in [3.05, 3.63) is 23.3 Å². The monoisotopic (exact) mass is 1390 g/mol. The van der Waals surface area contributed by atoms with Crippen LogP contribution >= 0.6 is 261 Å². The van der Waals surface area contributed by atoms with Crippen molar-refractivity contribution in [2.24, 2.45) is 28.6 Å². The normalized spacial score (nSPS) is 32.1. The second-order valence-corrected chi connectivity index (χ2v) is 122. The molecule has 338 valence electrons. The number of fused-ring (bicyclic) bond motifs is 3. The van der Waals surface area contributed by atoms with E-state index in [0.29, 0.717) is 7.96 Å². The lowest BCUT2D eigenvalue weighted by Gasteiger charge is -2.60. The molecule has 0 heterocycles. The summed E-state index contributed by atoms with van der Waals surface area (Å²) in [6.07, 6.45) is 0.158. The molecule has 0 saturated heterocycles. The molecule has 0 aromatic carbocycles. The van der Waals surface area contributed by atoms with Crippen LogP contribution in [0.4, 0.5) is 0 Å². The summed E-state index contributed by atoms with van der Waals surface area (Å²) < 4.78 is 30.1. The van der Waals surface area contributed by atoms with E-state index in [0.717, 1.165) is 24.0 Å². The van der Waals surface area contributed by atoms with E-state index in [4.69, 9.17) is 24.7 Å². The number of carbonyl (C=O) groups excluding carboxylic acids is 1. The Hall–Kier alpha value is 12.7. The Morgan fingerprint density at radius 1 is 0.707 bits per heavy atom. The van der Waals surface area contributed by atoms with Crippen LogP contribution in [0.1, 0.15) is 47.5 Å². The largest absolute Gasteiger partial charge is 0.354 e. The lowest BCUT2D eigenvalue weighted by molar-refractivity contribution is -0.157. The average Bonchev–Trinajstić information content (AvgIpc) is 3.10. The van der Waals surface area contributed by atoms with E-state index >= 15 is 4.79 Å². The van der Waals surface area contributed by atoms with E-state index in [-0.39, 0.29) is 71.3 Å². The SMILES string of the molecule is C=C1[C@@H](C)C[C@H](OP(P(P)P)P(P)P)[C@@]2(C)C(=O)[C@H](OP(P(P)P)P(PP)P(P)P)C3=C(C)[C@@H](OP(P(P)P(P)P)P(P(P)P)P(P)P)CC([C@@H](OPP)[C@H]12)C3(C)C. The van der Waals surface area contributed by atoms with E-state index in [1.165, 1.54) is 5.57 Å². The molecule has 58 heavy (non-hydrogen) atoms. The molecule has 3 aliphatic rings. The molecule has 0 N–H and O–H groups in total. The number of rotatable bonds is 19. The van der Waals surface area contributed by atoms with Crippen LogP contribution in [-0.2, 0) is 22.9 Å². The number of hydrogen-bond acceptors (Lipinski definition) is 5. The van der Waals surface area contributed by atoms with Gasteiger partial charge in [0.2, 0.25) is 0 Å². The van der Waals surface area contributed by atoms with Crippen molar-refractivity contribution < 1.29 is 22.9 Å². The molecule has 0 amide bonds. The van der Waals surface area contributed by atoms with Gasteiger partial charge in [-0.2, -0.15) is 0 Å². The van der Waals surface area contributed by atoms with Crippen LogP contribution in [0, 0.1) is 28.6 Å². The Kier molecular flexibility index (Phi) is 33.7. The first-order chi connectivity index (χ1) is 26.7. The highest BCUT2D eigenvalue weighted by Gasteiger charge is 2.65. The highest BCUT2D eigenvalue weighted by Crippen LogP contribution is 3.18. The van der Waals surface area contributed by atoms with Gasteiger partial charge < -0.3 is 18.1 Å². The van der Waals surface area contributed by atoms with Crippen molar-refractivity contribution in [1.82, 2.24) is 0 Å². The quantitative estimate of drug-likeness (QED) is 0.0953. The molecule has 37 heteroatoms. The minimum Gasteiger partial charge on any atom is -0.354 e. The second kappa shape index (κ2) is 30.0. The van der Waals surface area contributed by atoms with E-state index in [1.54, 1.807) is 0 Å². The average molecular weight is 1390 g/mol. The molecule has 2 saturated carbocycles. The van der Waals surface area contributed by atoms with Gasteiger partial charge in [-0.3, -0.25) is 4.79 Å². The van der Waals surface area contributed by atoms with Crippen molar-refractivity contribution in [3.63, 3.8) is 0 Å². The maximum absolute atomic E-state index is 16.6. The highest BCUT2D eigenvalue weighted by atomic mass is 33.2. The molecule has 2 bridgehead atoms. The van der Waals surface area contributed by atoms with Crippen LogP contribution in [0.3, 0.4) is 0 Å². The van der Waals surface area contributed by atoms with Crippen LogP contribution in [-0.4, -0.2) is 30.2 Å². The van der Waals surface area contributed by atoms with Gasteiger partial charge in [-0.25, -0.2) is 0 Å². The van der Waals surface area contributed by atoms with Crippen LogP contribution in [0.25, 0.3) is 0 Å². The fourth-order valence-corrected chi connectivity index (χ4v) is 204. The molecule has 5 nitrogen and oxygen atoms in total. The van der Waals surface area contributed by atoms with Gasteiger partial charge in [0, 0.05) is 35.4 Å². The predicted octanol–water partition coefficient (Wildman–Crippen LogP) is 21.5. The molecular formula is C21H64O5P32. The lowest BCUT2D eigenvalue weighted by Crippen LogP contribution is -2.64. The van der Waals surface area contributed by atoms with Gasteiger partial charge in [0.1, 0.15) is 6.10 Å². The Morgan fingerprint density at radius 2 is 1.24 bits per heavy atom. The third-order valence-electron chi connectivity index (χ3n) is 10.6. The lowest BCUT2D eigenvalue weighted by atomic mass is 9.48. The molecular weight excluding hydrogens is 1320 g/mol. The predicted molar refractivity (Wildman–Crippen MR) is 365 cm³/mol. The van der Waals surface area contributed by atoms with Crippen LogP contribution in [0.15, 0.2) is 23.3 Å². The minimum absolute atomic E-state index is 0.0537. The van der Waals surface area contributed by atoms with E-state index in [2.05, 4.69) is 186 Å². The van der Waals surface area contributed by atoms with Crippen molar-refractivity contribution in [1.29, 1.82) is 0 Å². The van der Waals surface area contributed by atoms with E-state index in [9.17, 15) is 0 Å². The van der Waals surface area contributed by atoms with Crippen molar-refractivity contribution >= 4 is 266 Å². The third kappa shape index (κ3) is 16.2. The first-order valence-corrected chi connectivity index (χ1v) is 71.8. The van der Waals surface area contributed by atoms with Gasteiger partial charge in [-0.15, -0.1) is 134 Å². The van der Waals surface area contributed by atoms with E-state index < -0.39 is 88.4 Å². The number of hydrogen-bond donors (Lipinski definition) is 0. The molecule has 0 aromatic heterocycles. The zero-order valence-corrected chi connectivity index (χ0v) is 66.1. The smallest absolute Gasteiger partial charge is 0.175 e. The van der Waals surface area contributed by atoms with Crippen LogP contribution in [0.5, 0.6) is 0 Å². The van der Waals surface area contributed by atoms with Crippen molar-refractivity contribution in [2.75, 3.05) is 0 Å². The number of Topliss-reactive ketones (excluding diaryl/α,β-unsaturated/α-hetero) is 1. The van der Waals surface area contributed by atoms with Crippen molar-refractivity contribution in [3.8, 4) is 0 Å². The van der Waals surface area contributed by atoms with Gasteiger partial charge in [-0.05, 0) is 104 Å². The van der Waals surface area contributed by atoms with Gasteiger partial charge >= 0.3 is 0 Å². The van der Waals surface area contributed by atoms with Gasteiger partial charge in [-0.1, -0.05) is 58.7 Å². The first kappa shape index (κ1) is 65.0. The molecule has 0 aromatic rings. The Labute approximate surface area is 409 Å². The fourth-order valence-electron chi connectivity index (χ4n) is 7.90. The van der Waals surface area contributed by atoms with E-state index in [1.807, 2.05) is 0 Å². The maximum atomic E-state index is 16.6. The molecule has 31 atom stereocenters. The third-order valence-corrected chi connectivity index (χ3v) is 152. The standard InChI is InChI=1S/C21H64O5P32/c1-9-7-14(25-46(49(29)30)50(31)32)21(6)16(10(9)2)17(23-44-27)12-8-13(24-48(56(43)52(35)36)58(54(39)40)55(41)42)11(3)15(20(12,4)5)18(19(21)22)26-47(51(33)34)57(45-28)53(37)38/h9,12-14,16-18,44-45H,2,7-8,27-43H2,1,3-6H3/t9-,12?,13-,14-,16-,17+,18+,21+,47?,48?,56?,57?/m0/s1. The number of ketones is 1. The van der Waals surface area contributed by atoms with Gasteiger partial charge in [0.25, 0.3) is 0 Å². The molecule has 0 spiro atoms. The Bertz CT molecular complexity index is 1400. The topological polar surface area (TPSA) is 54.0 Å². The maximum Gasteiger partial charge on any atom is 0.175 e. The zero-order valence-electron chi connectivity index (χ0n) is 32.8. The molecule has 0 radical (unpaired) electrons. The molecule has 3 aliphatic carbocycles. The Morgan fingerprint density at radius 3 is 1.67 bits per heavy atom. The molecule has 0 aliphatic heterocycles. The molecule has 2 fully saturated rings. The zero-order chi connectivity index (χ0) is 44.5. The Balaban J connectivity index is 2.53. The van der Waals surface area contributed by atoms with Gasteiger partial charge in [0.15, 0.2) is 5.78 Å². The summed E-state index contributed by atoms with van der Waals surface area (Å²) in [7, 11) is 51.0. The summed E-state index contributed by atoms with van der Waals surface area (Å²) in [6.45, 7) is 11.8. The van der Waals surface area contributed by atoms with Crippen LogP contribution in [0.2, 0.25) is 0 Å². The summed E-state index contributed by atoms with van der Waals surface area (Å²) in [5.74, 6) is 0.121. The second-order valence-electron chi connectivity index (χ2n) is 14.3. The molecule has 3 rings (SSSR count). The first-order valence-electron chi connectivity index (χ1n) is 16.9. The summed E-state index contributed by atoms with van der Waals surface area (Å²) in [6, 6.07) is 0. The summed E-state index contributed by atoms with van der Waals surface area (Å²) in [5, 5.41) is 0.